The molecule has 2 aliphatic rings. The summed E-state index contributed by atoms with van der Waals surface area (Å²) in [5, 5.41) is 3.37. The molecule has 0 radical (unpaired) electrons. The molecule has 1 saturated heterocycles. The molecule has 110 valence electrons. The molecular weight excluding hydrogens is 274 g/mol. The van der Waals surface area contributed by atoms with Crippen LogP contribution in [0.1, 0.15) is 48.5 Å². The third-order valence-electron chi connectivity index (χ3n) is 4.12. The van der Waals surface area contributed by atoms with Gasteiger partial charge in [0.25, 0.3) is 0 Å². The number of hydrogen-bond acceptors (Lipinski definition) is 5. The first-order valence-corrected chi connectivity index (χ1v) is 9.21. The molecule has 0 spiro atoms. The molecule has 1 unspecified atom stereocenters. The minimum atomic E-state index is -2.88. The van der Waals surface area contributed by atoms with Gasteiger partial charge in [-0.05, 0) is 12.8 Å². The predicted octanol–water partition coefficient (Wildman–Crippen LogP) is 0.977. The van der Waals surface area contributed by atoms with Crippen LogP contribution < -0.4 is 5.32 Å². The lowest BCUT2D eigenvalue weighted by Crippen LogP contribution is -2.27. The Morgan fingerprint density at radius 2 is 2.20 bits per heavy atom. The second-order valence-corrected chi connectivity index (χ2v) is 7.96. The van der Waals surface area contributed by atoms with Crippen LogP contribution in [0.2, 0.25) is 0 Å². The maximum atomic E-state index is 11.6. The summed E-state index contributed by atoms with van der Waals surface area (Å²) in [6.07, 6.45) is 3.58. The van der Waals surface area contributed by atoms with Crippen LogP contribution in [-0.4, -0.2) is 36.4 Å². The lowest BCUT2D eigenvalue weighted by molar-refractivity contribution is 0.591. The van der Waals surface area contributed by atoms with Gasteiger partial charge in [0.15, 0.2) is 9.84 Å². The van der Waals surface area contributed by atoms with Crippen LogP contribution >= 0.6 is 0 Å². The zero-order chi connectivity index (χ0) is 14.2. The molecule has 1 atom stereocenters. The van der Waals surface area contributed by atoms with Gasteiger partial charge < -0.3 is 5.32 Å². The van der Waals surface area contributed by atoms with Crippen molar-refractivity contribution in [3.63, 3.8) is 0 Å². The topological polar surface area (TPSA) is 72.0 Å². The normalized spacial score (nSPS) is 24.6. The number of sulfone groups is 1. The molecule has 1 aromatic heterocycles. The number of rotatable bonds is 3. The van der Waals surface area contributed by atoms with E-state index in [1.165, 1.54) is 5.56 Å². The van der Waals surface area contributed by atoms with Gasteiger partial charge >= 0.3 is 0 Å². The Hall–Kier alpha value is -1.01. The number of nitrogens with zero attached hydrogens (tertiary/aromatic N) is 2. The Kier molecular flexibility index (Phi) is 3.77. The third-order valence-corrected chi connectivity index (χ3v) is 5.89. The highest BCUT2D eigenvalue weighted by atomic mass is 32.2. The van der Waals surface area contributed by atoms with E-state index in [-0.39, 0.29) is 17.4 Å². The maximum absolute atomic E-state index is 11.6. The fourth-order valence-electron chi connectivity index (χ4n) is 3.06. The Bertz CT molecular complexity index is 613. The standard InChI is InChI=1S/C14H21N3O2S/c1-2-3-12-11-8-15-6-4-13(11)17-14(16-12)10-5-7-20(18,19)9-10/h10,15H,2-9H2,1H3. The summed E-state index contributed by atoms with van der Waals surface area (Å²) in [6, 6.07) is 0. The predicted molar refractivity (Wildman–Crippen MR) is 77.4 cm³/mol. The summed E-state index contributed by atoms with van der Waals surface area (Å²) in [5.41, 5.74) is 3.48. The lowest BCUT2D eigenvalue weighted by Gasteiger charge is -2.21. The fourth-order valence-corrected chi connectivity index (χ4v) is 4.80. The summed E-state index contributed by atoms with van der Waals surface area (Å²) >= 11 is 0. The minimum absolute atomic E-state index is 0.00390. The zero-order valence-electron chi connectivity index (χ0n) is 11.9. The quantitative estimate of drug-likeness (QED) is 0.900. The van der Waals surface area contributed by atoms with Crippen LogP contribution in [0.15, 0.2) is 0 Å². The number of aryl methyl sites for hydroxylation is 1. The van der Waals surface area contributed by atoms with Crippen molar-refractivity contribution in [3.05, 3.63) is 22.8 Å². The second-order valence-electron chi connectivity index (χ2n) is 5.73. The van der Waals surface area contributed by atoms with Crippen molar-refractivity contribution in [3.8, 4) is 0 Å². The van der Waals surface area contributed by atoms with Crippen LogP contribution in [0.3, 0.4) is 0 Å². The molecule has 1 N–H and O–H groups in total. The second kappa shape index (κ2) is 5.41. The van der Waals surface area contributed by atoms with E-state index in [1.807, 2.05) is 0 Å². The summed E-state index contributed by atoms with van der Waals surface area (Å²) < 4.78 is 23.3. The first-order valence-electron chi connectivity index (χ1n) is 7.39. The molecule has 1 aromatic rings. The third kappa shape index (κ3) is 2.72. The van der Waals surface area contributed by atoms with Crippen LogP contribution in [0, 0.1) is 0 Å². The molecule has 3 heterocycles. The van der Waals surface area contributed by atoms with Gasteiger partial charge in [0.1, 0.15) is 5.82 Å². The van der Waals surface area contributed by atoms with E-state index in [4.69, 9.17) is 4.98 Å². The van der Waals surface area contributed by atoms with Gasteiger partial charge in [-0.25, -0.2) is 18.4 Å². The lowest BCUT2D eigenvalue weighted by atomic mass is 10.0. The van der Waals surface area contributed by atoms with Gasteiger partial charge in [0, 0.05) is 36.7 Å². The van der Waals surface area contributed by atoms with Gasteiger partial charge in [-0.3, -0.25) is 0 Å². The van der Waals surface area contributed by atoms with Gasteiger partial charge in [-0.1, -0.05) is 13.3 Å². The van der Waals surface area contributed by atoms with Crippen molar-refractivity contribution in [2.75, 3.05) is 18.1 Å². The Labute approximate surface area is 120 Å². The summed E-state index contributed by atoms with van der Waals surface area (Å²) in [5.74, 6) is 1.25. The molecule has 5 nitrogen and oxygen atoms in total. The van der Waals surface area contributed by atoms with E-state index in [9.17, 15) is 8.42 Å². The van der Waals surface area contributed by atoms with Gasteiger partial charge in [-0.15, -0.1) is 0 Å². The first kappa shape index (κ1) is 13.9. The SMILES string of the molecule is CCCc1nc(C2CCS(=O)(=O)C2)nc2c1CNCC2. The van der Waals surface area contributed by atoms with Crippen LogP contribution in [-0.2, 0) is 29.2 Å². The summed E-state index contributed by atoms with van der Waals surface area (Å²) in [4.78, 5) is 9.40. The highest BCUT2D eigenvalue weighted by molar-refractivity contribution is 7.91. The smallest absolute Gasteiger partial charge is 0.151 e. The van der Waals surface area contributed by atoms with E-state index < -0.39 is 9.84 Å². The van der Waals surface area contributed by atoms with Gasteiger partial charge in [0.05, 0.1) is 17.2 Å². The molecule has 0 saturated carbocycles. The zero-order valence-corrected chi connectivity index (χ0v) is 12.7. The van der Waals surface area contributed by atoms with E-state index in [1.54, 1.807) is 0 Å². The minimum Gasteiger partial charge on any atom is -0.312 e. The van der Waals surface area contributed by atoms with E-state index in [0.29, 0.717) is 6.42 Å². The van der Waals surface area contributed by atoms with E-state index >= 15 is 0 Å². The first-order chi connectivity index (χ1) is 9.59. The molecule has 0 bridgehead atoms. The number of hydrogen-bond donors (Lipinski definition) is 1. The molecule has 0 aromatic carbocycles. The average Bonchev–Trinajstić information content (AvgIpc) is 2.79. The summed E-state index contributed by atoms with van der Waals surface area (Å²) in [6.45, 7) is 3.93. The molecule has 2 aliphatic heterocycles. The van der Waals surface area contributed by atoms with Crippen molar-refractivity contribution in [1.29, 1.82) is 0 Å². The highest BCUT2D eigenvalue weighted by Gasteiger charge is 2.32. The van der Waals surface area contributed by atoms with Gasteiger partial charge in [0.2, 0.25) is 0 Å². The average molecular weight is 295 g/mol. The van der Waals surface area contributed by atoms with Crippen molar-refractivity contribution >= 4 is 9.84 Å². The number of fused-ring (bicyclic) bond motifs is 1. The summed E-state index contributed by atoms with van der Waals surface area (Å²) in [7, 11) is -2.88. The molecule has 6 heteroatoms. The van der Waals surface area contributed by atoms with Crippen LogP contribution in [0.4, 0.5) is 0 Å². The van der Waals surface area contributed by atoms with Crippen LogP contribution in [0.5, 0.6) is 0 Å². The molecule has 1 fully saturated rings. The monoisotopic (exact) mass is 295 g/mol. The molecule has 3 rings (SSSR count). The Morgan fingerprint density at radius 3 is 2.90 bits per heavy atom. The van der Waals surface area contributed by atoms with E-state index in [0.717, 1.165) is 49.6 Å². The van der Waals surface area contributed by atoms with Crippen molar-refractivity contribution < 1.29 is 8.42 Å². The van der Waals surface area contributed by atoms with Crippen molar-refractivity contribution in [2.24, 2.45) is 0 Å². The molecule has 0 amide bonds. The largest absolute Gasteiger partial charge is 0.312 e. The highest BCUT2D eigenvalue weighted by Crippen LogP contribution is 2.28. The Morgan fingerprint density at radius 1 is 1.35 bits per heavy atom. The molecule has 20 heavy (non-hydrogen) atoms. The Balaban J connectivity index is 1.97. The number of nitrogens with one attached hydrogen (secondary N) is 1. The van der Waals surface area contributed by atoms with E-state index in [2.05, 4.69) is 17.2 Å². The molecular formula is C14H21N3O2S. The van der Waals surface area contributed by atoms with Crippen molar-refractivity contribution in [1.82, 2.24) is 15.3 Å². The van der Waals surface area contributed by atoms with Crippen LogP contribution in [0.25, 0.3) is 0 Å². The van der Waals surface area contributed by atoms with Gasteiger partial charge in [-0.2, -0.15) is 0 Å². The fraction of sp³-hybridized carbons (Fsp3) is 0.714. The molecule has 0 aliphatic carbocycles. The maximum Gasteiger partial charge on any atom is 0.151 e. The number of aromatic nitrogens is 2. The van der Waals surface area contributed by atoms with Crippen molar-refractivity contribution in [2.45, 2.75) is 45.1 Å².